The molecule has 2 aromatic carbocycles. The van der Waals surface area contributed by atoms with E-state index in [2.05, 4.69) is 15.6 Å². The monoisotopic (exact) mass is 387 g/mol. The molecule has 7 nitrogen and oxygen atoms in total. The van der Waals surface area contributed by atoms with Gasteiger partial charge in [0.2, 0.25) is 0 Å². The third kappa shape index (κ3) is 6.26. The van der Waals surface area contributed by atoms with Gasteiger partial charge in [0.25, 0.3) is 0 Å². The van der Waals surface area contributed by atoms with Crippen LogP contribution in [0, 0.1) is 0 Å². The van der Waals surface area contributed by atoms with Crippen LogP contribution in [0.2, 0.25) is 0 Å². The predicted octanol–water partition coefficient (Wildman–Crippen LogP) is 2.85. The third-order valence-electron chi connectivity index (χ3n) is 3.94. The fourth-order valence-corrected chi connectivity index (χ4v) is 2.58. The van der Waals surface area contributed by atoms with Crippen molar-refractivity contribution in [1.82, 2.24) is 10.6 Å². The Hall–Kier alpha value is -3.09. The Labute approximate surface area is 166 Å². The van der Waals surface area contributed by atoms with Gasteiger partial charge in [-0.2, -0.15) is 0 Å². The van der Waals surface area contributed by atoms with Gasteiger partial charge in [0.05, 0.1) is 34.4 Å². The van der Waals surface area contributed by atoms with Crippen LogP contribution >= 0.6 is 0 Å². The molecule has 0 saturated heterocycles. The van der Waals surface area contributed by atoms with E-state index in [0.29, 0.717) is 42.9 Å². The fourth-order valence-electron chi connectivity index (χ4n) is 2.58. The first-order valence-electron chi connectivity index (χ1n) is 9.20. The highest BCUT2D eigenvalue weighted by molar-refractivity contribution is 5.79. The lowest BCUT2D eigenvalue weighted by molar-refractivity contribution is 0.322. The van der Waals surface area contributed by atoms with Crippen LogP contribution in [0.3, 0.4) is 0 Å². The summed E-state index contributed by atoms with van der Waals surface area (Å²) < 4.78 is 21.9. The van der Waals surface area contributed by atoms with Crippen molar-refractivity contribution in [3.63, 3.8) is 0 Å². The molecule has 0 atom stereocenters. The zero-order chi connectivity index (χ0) is 20.2. The summed E-state index contributed by atoms with van der Waals surface area (Å²) in [7, 11) is 4.83. The van der Waals surface area contributed by atoms with Gasteiger partial charge in [-0.05, 0) is 25.1 Å². The van der Waals surface area contributed by atoms with Crippen LogP contribution in [0.1, 0.15) is 12.5 Å². The predicted molar refractivity (Wildman–Crippen MR) is 111 cm³/mol. The van der Waals surface area contributed by atoms with Gasteiger partial charge >= 0.3 is 0 Å². The number of aliphatic imine (C=N–C) groups is 1. The summed E-state index contributed by atoms with van der Waals surface area (Å²) >= 11 is 0. The summed E-state index contributed by atoms with van der Waals surface area (Å²) in [6.07, 6.45) is 0. The Kier molecular flexibility index (Phi) is 8.78. The number of ether oxygens (including phenoxy) is 4. The SMILES string of the molecule is CCNC(=NCc1cc(OC)c(OC)cc1OC)NCCOc1ccccc1. The molecule has 152 valence electrons. The van der Waals surface area contributed by atoms with Gasteiger partial charge in [-0.25, -0.2) is 4.99 Å². The van der Waals surface area contributed by atoms with E-state index in [9.17, 15) is 0 Å². The van der Waals surface area contributed by atoms with Crippen molar-refractivity contribution < 1.29 is 18.9 Å². The van der Waals surface area contributed by atoms with Crippen molar-refractivity contribution in [3.05, 3.63) is 48.0 Å². The average molecular weight is 387 g/mol. The molecule has 0 spiro atoms. The second-order valence-electron chi connectivity index (χ2n) is 5.80. The molecule has 0 bridgehead atoms. The van der Waals surface area contributed by atoms with Crippen molar-refractivity contribution in [2.24, 2.45) is 4.99 Å². The lowest BCUT2D eigenvalue weighted by Gasteiger charge is -2.15. The van der Waals surface area contributed by atoms with Crippen LogP contribution in [0.4, 0.5) is 0 Å². The molecule has 0 radical (unpaired) electrons. The number of hydrogen-bond acceptors (Lipinski definition) is 5. The molecule has 0 aliphatic rings. The first kappa shape index (κ1) is 21.2. The Morgan fingerprint density at radius 1 is 0.893 bits per heavy atom. The molecule has 0 aliphatic heterocycles. The van der Waals surface area contributed by atoms with Gasteiger partial charge < -0.3 is 29.6 Å². The number of benzene rings is 2. The zero-order valence-corrected chi connectivity index (χ0v) is 17.0. The van der Waals surface area contributed by atoms with Crippen LogP contribution in [0.5, 0.6) is 23.0 Å². The molecule has 0 aliphatic carbocycles. The van der Waals surface area contributed by atoms with Gasteiger partial charge in [-0.15, -0.1) is 0 Å². The maximum Gasteiger partial charge on any atom is 0.191 e. The maximum absolute atomic E-state index is 5.69. The van der Waals surface area contributed by atoms with Gasteiger partial charge in [0, 0.05) is 18.2 Å². The van der Waals surface area contributed by atoms with E-state index in [1.54, 1.807) is 27.4 Å². The summed E-state index contributed by atoms with van der Waals surface area (Å²) in [4.78, 5) is 4.63. The normalized spacial score (nSPS) is 10.9. The van der Waals surface area contributed by atoms with E-state index in [0.717, 1.165) is 17.9 Å². The topological polar surface area (TPSA) is 73.3 Å². The first-order valence-corrected chi connectivity index (χ1v) is 9.20. The lowest BCUT2D eigenvalue weighted by Crippen LogP contribution is -2.39. The van der Waals surface area contributed by atoms with Crippen LogP contribution < -0.4 is 29.6 Å². The van der Waals surface area contributed by atoms with Crippen LogP contribution in [-0.2, 0) is 6.54 Å². The van der Waals surface area contributed by atoms with Crippen molar-refractivity contribution in [2.75, 3.05) is 41.0 Å². The molecule has 0 aromatic heterocycles. The van der Waals surface area contributed by atoms with E-state index in [4.69, 9.17) is 18.9 Å². The highest BCUT2D eigenvalue weighted by atomic mass is 16.5. The summed E-state index contributed by atoms with van der Waals surface area (Å²) in [6.45, 7) is 4.37. The molecule has 2 N–H and O–H groups in total. The van der Waals surface area contributed by atoms with Crippen molar-refractivity contribution in [3.8, 4) is 23.0 Å². The molecular formula is C21H29N3O4. The van der Waals surface area contributed by atoms with E-state index >= 15 is 0 Å². The number of para-hydroxylation sites is 1. The zero-order valence-electron chi connectivity index (χ0n) is 17.0. The molecule has 0 fully saturated rings. The average Bonchev–Trinajstić information content (AvgIpc) is 2.74. The van der Waals surface area contributed by atoms with Crippen molar-refractivity contribution in [1.29, 1.82) is 0 Å². The third-order valence-corrected chi connectivity index (χ3v) is 3.94. The Morgan fingerprint density at radius 3 is 2.21 bits per heavy atom. The number of nitrogens with zero attached hydrogens (tertiary/aromatic N) is 1. The van der Waals surface area contributed by atoms with E-state index in [1.807, 2.05) is 43.3 Å². The molecule has 2 rings (SSSR count). The number of guanidine groups is 1. The maximum atomic E-state index is 5.69. The number of hydrogen-bond donors (Lipinski definition) is 2. The lowest BCUT2D eigenvalue weighted by atomic mass is 10.1. The van der Waals surface area contributed by atoms with E-state index < -0.39 is 0 Å². The summed E-state index contributed by atoms with van der Waals surface area (Å²) in [5.74, 6) is 3.51. The minimum atomic E-state index is 0.429. The van der Waals surface area contributed by atoms with Gasteiger partial charge in [-0.3, -0.25) is 0 Å². The second-order valence-corrected chi connectivity index (χ2v) is 5.80. The fraction of sp³-hybridized carbons (Fsp3) is 0.381. The van der Waals surface area contributed by atoms with Crippen LogP contribution in [0.15, 0.2) is 47.5 Å². The minimum Gasteiger partial charge on any atom is -0.496 e. The van der Waals surface area contributed by atoms with Gasteiger partial charge in [0.1, 0.15) is 18.1 Å². The molecule has 0 saturated carbocycles. The van der Waals surface area contributed by atoms with Crippen molar-refractivity contribution in [2.45, 2.75) is 13.5 Å². The summed E-state index contributed by atoms with van der Waals surface area (Å²) in [5.41, 5.74) is 0.901. The van der Waals surface area contributed by atoms with E-state index in [1.165, 1.54) is 0 Å². The first-order chi connectivity index (χ1) is 13.7. The smallest absolute Gasteiger partial charge is 0.191 e. The van der Waals surface area contributed by atoms with Crippen LogP contribution in [-0.4, -0.2) is 47.0 Å². The standard InChI is InChI=1S/C21H29N3O4/c1-5-22-21(23-11-12-28-17-9-7-6-8-10-17)24-15-16-13-19(26-3)20(27-4)14-18(16)25-2/h6-10,13-14H,5,11-12,15H2,1-4H3,(H2,22,23,24). The van der Waals surface area contributed by atoms with Crippen molar-refractivity contribution >= 4 is 5.96 Å². The highest BCUT2D eigenvalue weighted by Crippen LogP contribution is 2.34. The molecule has 2 aromatic rings. The Morgan fingerprint density at radius 2 is 1.57 bits per heavy atom. The Balaban J connectivity index is 1.99. The molecule has 0 unspecified atom stereocenters. The van der Waals surface area contributed by atoms with Gasteiger partial charge in [-0.1, -0.05) is 18.2 Å². The van der Waals surface area contributed by atoms with E-state index in [-0.39, 0.29) is 0 Å². The number of methoxy groups -OCH3 is 3. The second kappa shape index (κ2) is 11.6. The molecule has 7 heteroatoms. The minimum absolute atomic E-state index is 0.429. The highest BCUT2D eigenvalue weighted by Gasteiger charge is 2.11. The number of nitrogens with one attached hydrogen (secondary N) is 2. The van der Waals surface area contributed by atoms with Crippen LogP contribution in [0.25, 0.3) is 0 Å². The molecular weight excluding hydrogens is 358 g/mol. The summed E-state index contributed by atoms with van der Waals surface area (Å²) in [6, 6.07) is 13.4. The largest absolute Gasteiger partial charge is 0.496 e. The van der Waals surface area contributed by atoms with Gasteiger partial charge in [0.15, 0.2) is 17.5 Å². The molecule has 0 heterocycles. The Bertz CT molecular complexity index is 751. The quantitative estimate of drug-likeness (QED) is 0.371. The molecule has 0 amide bonds. The summed E-state index contributed by atoms with van der Waals surface area (Å²) in [5, 5.41) is 6.49. The number of rotatable bonds is 10. The molecule has 28 heavy (non-hydrogen) atoms.